The normalized spacial score (nSPS) is 32.1. The highest BCUT2D eigenvalue weighted by Crippen LogP contribution is 2.24. The Bertz CT molecular complexity index is 211. The van der Waals surface area contributed by atoms with Crippen molar-refractivity contribution in [3.05, 3.63) is 0 Å². The van der Waals surface area contributed by atoms with Crippen molar-refractivity contribution in [1.82, 2.24) is 10.2 Å². The fourth-order valence-corrected chi connectivity index (χ4v) is 3.48. The van der Waals surface area contributed by atoms with Crippen LogP contribution in [0, 0.1) is 11.8 Å². The number of hydrogen-bond acceptors (Lipinski definition) is 2. The molecular formula is C15H30N2. The standard InChI is InChI=1S/C15H30N2/c1-13-6-5-10-17(14(13)2)11-9-16-12-15-7-3-4-8-15/h13-16H,3-12H2,1-2H3. The summed E-state index contributed by atoms with van der Waals surface area (Å²) < 4.78 is 0. The molecule has 0 aromatic rings. The summed E-state index contributed by atoms with van der Waals surface area (Å²) in [5, 5.41) is 3.67. The second-order valence-corrected chi connectivity index (χ2v) is 6.25. The molecule has 2 heteroatoms. The van der Waals surface area contributed by atoms with Gasteiger partial charge in [-0.3, -0.25) is 4.90 Å². The second kappa shape index (κ2) is 6.75. The lowest BCUT2D eigenvalue weighted by Crippen LogP contribution is -2.45. The highest BCUT2D eigenvalue weighted by atomic mass is 15.2. The third-order valence-electron chi connectivity index (χ3n) is 4.99. The Balaban J connectivity index is 1.57. The molecule has 1 saturated heterocycles. The van der Waals surface area contributed by atoms with Gasteiger partial charge in [-0.05, 0) is 57.5 Å². The molecule has 1 N–H and O–H groups in total. The highest BCUT2D eigenvalue weighted by Gasteiger charge is 2.23. The van der Waals surface area contributed by atoms with Crippen LogP contribution < -0.4 is 5.32 Å². The Labute approximate surface area is 107 Å². The third kappa shape index (κ3) is 3.96. The average molecular weight is 238 g/mol. The van der Waals surface area contributed by atoms with Gasteiger partial charge in [-0.25, -0.2) is 0 Å². The van der Waals surface area contributed by atoms with Crippen LogP contribution in [0.5, 0.6) is 0 Å². The predicted octanol–water partition coefficient (Wildman–Crippen LogP) is 2.89. The first-order valence-corrected chi connectivity index (χ1v) is 7.72. The Morgan fingerprint density at radius 3 is 2.59 bits per heavy atom. The van der Waals surface area contributed by atoms with Gasteiger partial charge in [-0.2, -0.15) is 0 Å². The molecule has 17 heavy (non-hydrogen) atoms. The molecule has 1 aliphatic heterocycles. The lowest BCUT2D eigenvalue weighted by atomic mass is 9.92. The highest BCUT2D eigenvalue weighted by molar-refractivity contribution is 4.79. The topological polar surface area (TPSA) is 15.3 Å². The number of nitrogens with one attached hydrogen (secondary N) is 1. The van der Waals surface area contributed by atoms with E-state index in [9.17, 15) is 0 Å². The van der Waals surface area contributed by atoms with Crippen LogP contribution in [0.3, 0.4) is 0 Å². The molecule has 2 nitrogen and oxygen atoms in total. The quantitative estimate of drug-likeness (QED) is 0.741. The maximum Gasteiger partial charge on any atom is 0.0110 e. The zero-order valence-corrected chi connectivity index (χ0v) is 11.8. The molecule has 0 aromatic carbocycles. The van der Waals surface area contributed by atoms with E-state index in [4.69, 9.17) is 0 Å². The van der Waals surface area contributed by atoms with Crippen LogP contribution >= 0.6 is 0 Å². The number of rotatable bonds is 5. The van der Waals surface area contributed by atoms with Gasteiger partial charge in [0.15, 0.2) is 0 Å². The molecule has 1 heterocycles. The summed E-state index contributed by atoms with van der Waals surface area (Å²) in [4.78, 5) is 2.68. The fraction of sp³-hybridized carbons (Fsp3) is 1.00. The van der Waals surface area contributed by atoms with Crippen molar-refractivity contribution < 1.29 is 0 Å². The van der Waals surface area contributed by atoms with E-state index in [1.54, 1.807) is 0 Å². The van der Waals surface area contributed by atoms with Crippen molar-refractivity contribution in [2.45, 2.75) is 58.4 Å². The first kappa shape index (κ1) is 13.4. The molecule has 1 saturated carbocycles. The smallest absolute Gasteiger partial charge is 0.0110 e. The molecule has 0 bridgehead atoms. The molecular weight excluding hydrogens is 208 g/mol. The minimum absolute atomic E-state index is 0.789. The molecule has 0 radical (unpaired) electrons. The molecule has 0 aromatic heterocycles. The van der Waals surface area contributed by atoms with Gasteiger partial charge < -0.3 is 5.32 Å². The van der Waals surface area contributed by atoms with Gasteiger partial charge in [0.05, 0.1) is 0 Å². The maximum atomic E-state index is 3.67. The maximum absolute atomic E-state index is 3.67. The summed E-state index contributed by atoms with van der Waals surface area (Å²) in [6.45, 7) is 9.82. The van der Waals surface area contributed by atoms with Crippen LogP contribution in [0.15, 0.2) is 0 Å². The molecule has 0 amide bonds. The van der Waals surface area contributed by atoms with E-state index in [0.29, 0.717) is 0 Å². The molecule has 100 valence electrons. The van der Waals surface area contributed by atoms with E-state index >= 15 is 0 Å². The van der Waals surface area contributed by atoms with Gasteiger partial charge in [0, 0.05) is 19.1 Å². The monoisotopic (exact) mass is 238 g/mol. The first-order valence-electron chi connectivity index (χ1n) is 7.72. The van der Waals surface area contributed by atoms with Crippen molar-refractivity contribution in [3.63, 3.8) is 0 Å². The van der Waals surface area contributed by atoms with E-state index in [1.165, 1.54) is 64.7 Å². The lowest BCUT2D eigenvalue weighted by molar-refractivity contribution is 0.114. The number of hydrogen-bond donors (Lipinski definition) is 1. The van der Waals surface area contributed by atoms with Crippen LogP contribution in [-0.4, -0.2) is 37.1 Å². The molecule has 2 rings (SSSR count). The van der Waals surface area contributed by atoms with E-state index in [1.807, 2.05) is 0 Å². The second-order valence-electron chi connectivity index (χ2n) is 6.25. The van der Waals surface area contributed by atoms with E-state index < -0.39 is 0 Å². The third-order valence-corrected chi connectivity index (χ3v) is 4.99. The van der Waals surface area contributed by atoms with Crippen molar-refractivity contribution in [3.8, 4) is 0 Å². The lowest BCUT2D eigenvalue weighted by Gasteiger charge is -2.38. The Hall–Kier alpha value is -0.0800. The van der Waals surface area contributed by atoms with Crippen LogP contribution in [-0.2, 0) is 0 Å². The van der Waals surface area contributed by atoms with Crippen LogP contribution in [0.2, 0.25) is 0 Å². The predicted molar refractivity (Wildman–Crippen MR) is 74.3 cm³/mol. The van der Waals surface area contributed by atoms with Gasteiger partial charge in [-0.15, -0.1) is 0 Å². The largest absolute Gasteiger partial charge is 0.315 e. The van der Waals surface area contributed by atoms with E-state index in [0.717, 1.165) is 17.9 Å². The van der Waals surface area contributed by atoms with Crippen LogP contribution in [0.4, 0.5) is 0 Å². The minimum Gasteiger partial charge on any atom is -0.315 e. The summed E-state index contributed by atoms with van der Waals surface area (Å²) in [5.74, 6) is 1.87. The summed E-state index contributed by atoms with van der Waals surface area (Å²) in [6.07, 6.45) is 8.68. The molecule has 2 aliphatic rings. The van der Waals surface area contributed by atoms with Crippen molar-refractivity contribution >= 4 is 0 Å². The summed E-state index contributed by atoms with van der Waals surface area (Å²) in [5.41, 5.74) is 0. The molecule has 2 fully saturated rings. The van der Waals surface area contributed by atoms with Gasteiger partial charge in [0.25, 0.3) is 0 Å². The number of nitrogens with zero attached hydrogens (tertiary/aromatic N) is 1. The van der Waals surface area contributed by atoms with Crippen molar-refractivity contribution in [2.75, 3.05) is 26.2 Å². The Morgan fingerprint density at radius 2 is 1.82 bits per heavy atom. The zero-order chi connectivity index (χ0) is 12.1. The van der Waals surface area contributed by atoms with Gasteiger partial charge in [0.1, 0.15) is 0 Å². The van der Waals surface area contributed by atoms with Crippen molar-refractivity contribution in [2.24, 2.45) is 11.8 Å². The Kier molecular flexibility index (Phi) is 5.30. The molecule has 2 atom stereocenters. The van der Waals surface area contributed by atoms with Crippen LogP contribution in [0.1, 0.15) is 52.4 Å². The van der Waals surface area contributed by atoms with E-state index in [2.05, 4.69) is 24.1 Å². The van der Waals surface area contributed by atoms with Crippen molar-refractivity contribution in [1.29, 1.82) is 0 Å². The zero-order valence-electron chi connectivity index (χ0n) is 11.8. The summed E-state index contributed by atoms with van der Waals surface area (Å²) in [6, 6.07) is 0.789. The van der Waals surface area contributed by atoms with Gasteiger partial charge >= 0.3 is 0 Å². The van der Waals surface area contributed by atoms with Gasteiger partial charge in [0.2, 0.25) is 0 Å². The van der Waals surface area contributed by atoms with E-state index in [-0.39, 0.29) is 0 Å². The number of likely N-dealkylation sites (tertiary alicyclic amines) is 1. The minimum atomic E-state index is 0.789. The summed E-state index contributed by atoms with van der Waals surface area (Å²) in [7, 11) is 0. The molecule has 1 aliphatic carbocycles. The fourth-order valence-electron chi connectivity index (χ4n) is 3.48. The Morgan fingerprint density at radius 1 is 1.06 bits per heavy atom. The van der Waals surface area contributed by atoms with Gasteiger partial charge in [-0.1, -0.05) is 19.8 Å². The first-order chi connectivity index (χ1) is 8.27. The average Bonchev–Trinajstić information content (AvgIpc) is 2.83. The SMILES string of the molecule is CC1CCCN(CCNCC2CCCC2)C1C. The summed E-state index contributed by atoms with van der Waals surface area (Å²) >= 11 is 0. The molecule has 0 spiro atoms. The van der Waals surface area contributed by atoms with Crippen LogP contribution in [0.25, 0.3) is 0 Å². The molecule has 2 unspecified atom stereocenters. The number of piperidine rings is 1.